The molecular formula is C24H21F3N2O2S. The first-order valence-corrected chi connectivity index (χ1v) is 11.3. The average molecular weight is 459 g/mol. The number of anilines is 2. The molecule has 0 spiro atoms. The number of para-hydroxylation sites is 2. The van der Waals surface area contributed by atoms with Crippen LogP contribution >= 0.6 is 11.3 Å². The number of alkyl halides is 3. The van der Waals surface area contributed by atoms with Crippen molar-refractivity contribution in [2.45, 2.75) is 32.0 Å². The molecule has 2 heterocycles. The van der Waals surface area contributed by atoms with E-state index in [0.29, 0.717) is 34.5 Å². The molecule has 0 bridgehead atoms. The molecule has 0 radical (unpaired) electrons. The molecule has 2 aliphatic rings. The summed E-state index contributed by atoms with van der Waals surface area (Å²) in [5.74, 6) is 0.483. The van der Waals surface area contributed by atoms with Crippen molar-refractivity contribution in [2.75, 3.05) is 22.9 Å². The Labute approximate surface area is 187 Å². The minimum atomic E-state index is -4.41. The third-order valence-corrected chi connectivity index (χ3v) is 6.71. The van der Waals surface area contributed by atoms with E-state index in [2.05, 4.69) is 4.90 Å². The van der Waals surface area contributed by atoms with Crippen LogP contribution in [0.15, 0.2) is 53.9 Å². The van der Waals surface area contributed by atoms with Gasteiger partial charge in [0.15, 0.2) is 5.75 Å². The van der Waals surface area contributed by atoms with Crippen LogP contribution in [0.4, 0.5) is 24.5 Å². The normalized spacial score (nSPS) is 16.1. The van der Waals surface area contributed by atoms with Gasteiger partial charge in [-0.2, -0.15) is 13.2 Å². The van der Waals surface area contributed by atoms with Crippen LogP contribution in [0.2, 0.25) is 0 Å². The summed E-state index contributed by atoms with van der Waals surface area (Å²) in [5, 5.41) is 1.76. The van der Waals surface area contributed by atoms with Gasteiger partial charge in [0.1, 0.15) is 10.6 Å². The Kier molecular flexibility index (Phi) is 5.12. The Morgan fingerprint density at radius 2 is 1.78 bits per heavy atom. The molecule has 0 N–H and O–H groups in total. The highest BCUT2D eigenvalue weighted by atomic mass is 32.1. The molecule has 1 aliphatic heterocycles. The van der Waals surface area contributed by atoms with Crippen LogP contribution in [0.5, 0.6) is 11.5 Å². The van der Waals surface area contributed by atoms with Gasteiger partial charge in [-0.3, -0.25) is 4.79 Å². The average Bonchev–Trinajstić information content (AvgIpc) is 3.51. The first-order valence-electron chi connectivity index (χ1n) is 10.4. The molecule has 1 aromatic heterocycles. The summed E-state index contributed by atoms with van der Waals surface area (Å²) in [6.07, 6.45) is -2.06. The third kappa shape index (κ3) is 3.83. The van der Waals surface area contributed by atoms with Crippen LogP contribution in [0.1, 0.15) is 33.6 Å². The smallest absolute Gasteiger partial charge is 0.416 e. The number of benzene rings is 2. The first-order chi connectivity index (χ1) is 15.3. The van der Waals surface area contributed by atoms with Gasteiger partial charge < -0.3 is 14.5 Å². The number of carbonyl (C=O) groups is 1. The van der Waals surface area contributed by atoms with E-state index < -0.39 is 11.7 Å². The van der Waals surface area contributed by atoms with Gasteiger partial charge in [0.2, 0.25) is 0 Å². The van der Waals surface area contributed by atoms with Crippen molar-refractivity contribution in [3.63, 3.8) is 0 Å². The lowest BCUT2D eigenvalue weighted by molar-refractivity contribution is -0.137. The summed E-state index contributed by atoms with van der Waals surface area (Å²) in [5.41, 5.74) is 1.56. The van der Waals surface area contributed by atoms with Gasteiger partial charge in [0.05, 0.1) is 16.9 Å². The fourth-order valence-corrected chi connectivity index (χ4v) is 4.84. The lowest BCUT2D eigenvalue weighted by Crippen LogP contribution is -2.44. The summed E-state index contributed by atoms with van der Waals surface area (Å²) in [6, 6.07) is 13.5. The van der Waals surface area contributed by atoms with Crippen molar-refractivity contribution in [3.05, 3.63) is 69.9 Å². The largest absolute Gasteiger partial charge is 0.455 e. The number of fused-ring (bicyclic) bond motifs is 1. The molecule has 1 saturated carbocycles. The maximum atomic E-state index is 13.5. The predicted octanol–water partition coefficient (Wildman–Crippen LogP) is 6.50. The number of hydrogen-bond acceptors (Lipinski definition) is 4. The second-order valence-corrected chi connectivity index (χ2v) is 8.98. The van der Waals surface area contributed by atoms with E-state index in [0.717, 1.165) is 30.1 Å². The third-order valence-electron chi connectivity index (χ3n) is 5.82. The number of halogens is 3. The van der Waals surface area contributed by atoms with Crippen molar-refractivity contribution in [2.24, 2.45) is 0 Å². The molecule has 3 aromatic rings. The molecule has 0 atom stereocenters. The highest BCUT2D eigenvalue weighted by molar-refractivity contribution is 7.12. The molecule has 5 rings (SSSR count). The van der Waals surface area contributed by atoms with E-state index in [-0.39, 0.29) is 5.91 Å². The molecule has 166 valence electrons. The summed E-state index contributed by atoms with van der Waals surface area (Å²) in [7, 11) is 0. The predicted molar refractivity (Wildman–Crippen MR) is 119 cm³/mol. The maximum absolute atomic E-state index is 13.5. The Morgan fingerprint density at radius 1 is 1.03 bits per heavy atom. The van der Waals surface area contributed by atoms with E-state index in [9.17, 15) is 18.0 Å². The Bertz CT molecular complexity index is 1170. The van der Waals surface area contributed by atoms with E-state index in [1.165, 1.54) is 30.2 Å². The molecule has 32 heavy (non-hydrogen) atoms. The monoisotopic (exact) mass is 458 g/mol. The Balaban J connectivity index is 1.41. The SMILES string of the molecule is Cc1cc(C(F)(F)F)ccc1Oc1ccsc1C(=O)N1CCN(C2CC2)c2ccccc21. The van der Waals surface area contributed by atoms with Crippen LogP contribution in [-0.4, -0.2) is 25.0 Å². The van der Waals surface area contributed by atoms with Gasteiger partial charge in [0.25, 0.3) is 5.91 Å². The number of nitrogens with zero attached hydrogens (tertiary/aromatic N) is 2. The minimum Gasteiger partial charge on any atom is -0.455 e. The van der Waals surface area contributed by atoms with Crippen LogP contribution in [0.25, 0.3) is 0 Å². The van der Waals surface area contributed by atoms with E-state index in [1.807, 2.05) is 24.3 Å². The fourth-order valence-electron chi connectivity index (χ4n) is 4.08. The van der Waals surface area contributed by atoms with Gasteiger partial charge in [0, 0.05) is 19.1 Å². The zero-order valence-corrected chi connectivity index (χ0v) is 18.2. The molecule has 4 nitrogen and oxygen atoms in total. The second kappa shape index (κ2) is 7.85. The fraction of sp³-hybridized carbons (Fsp3) is 0.292. The highest BCUT2D eigenvalue weighted by Gasteiger charge is 2.36. The van der Waals surface area contributed by atoms with Gasteiger partial charge >= 0.3 is 6.18 Å². The lowest BCUT2D eigenvalue weighted by Gasteiger charge is -2.37. The topological polar surface area (TPSA) is 32.8 Å². The molecular weight excluding hydrogens is 437 g/mol. The Morgan fingerprint density at radius 3 is 2.47 bits per heavy atom. The molecule has 1 amide bonds. The summed E-state index contributed by atoms with van der Waals surface area (Å²) in [4.78, 5) is 18.1. The van der Waals surface area contributed by atoms with E-state index in [4.69, 9.17) is 4.74 Å². The van der Waals surface area contributed by atoms with Crippen LogP contribution in [0, 0.1) is 6.92 Å². The Hall–Kier alpha value is -3.00. The highest BCUT2D eigenvalue weighted by Crippen LogP contribution is 2.42. The van der Waals surface area contributed by atoms with Crippen LogP contribution < -0.4 is 14.5 Å². The van der Waals surface area contributed by atoms with Gasteiger partial charge in [-0.15, -0.1) is 11.3 Å². The minimum absolute atomic E-state index is 0.164. The zero-order chi connectivity index (χ0) is 22.5. The molecule has 1 aliphatic carbocycles. The summed E-state index contributed by atoms with van der Waals surface area (Å²) < 4.78 is 44.8. The van der Waals surface area contributed by atoms with Crippen LogP contribution in [0.3, 0.4) is 0 Å². The van der Waals surface area contributed by atoms with Gasteiger partial charge in [-0.25, -0.2) is 0 Å². The summed E-state index contributed by atoms with van der Waals surface area (Å²) in [6.45, 7) is 2.90. The molecule has 0 saturated heterocycles. The molecule has 2 aromatic carbocycles. The number of amides is 1. The van der Waals surface area contributed by atoms with Gasteiger partial charge in [-0.05, 0) is 67.1 Å². The number of aryl methyl sites for hydroxylation is 1. The van der Waals surface area contributed by atoms with E-state index in [1.54, 1.807) is 23.3 Å². The van der Waals surface area contributed by atoms with Crippen molar-refractivity contribution in [1.82, 2.24) is 0 Å². The zero-order valence-electron chi connectivity index (χ0n) is 17.4. The quantitative estimate of drug-likeness (QED) is 0.448. The summed E-state index contributed by atoms with van der Waals surface area (Å²) >= 11 is 1.27. The maximum Gasteiger partial charge on any atom is 0.416 e. The van der Waals surface area contributed by atoms with Crippen molar-refractivity contribution in [3.8, 4) is 11.5 Å². The first kappa shape index (κ1) is 20.9. The number of ether oxygens (including phenoxy) is 1. The lowest BCUT2D eigenvalue weighted by atomic mass is 10.1. The number of hydrogen-bond donors (Lipinski definition) is 0. The number of carbonyl (C=O) groups excluding carboxylic acids is 1. The van der Waals surface area contributed by atoms with E-state index >= 15 is 0 Å². The van der Waals surface area contributed by atoms with Gasteiger partial charge in [-0.1, -0.05) is 12.1 Å². The molecule has 0 unspecified atom stereocenters. The number of thiophene rings is 1. The van der Waals surface area contributed by atoms with Crippen molar-refractivity contribution < 1.29 is 22.7 Å². The van der Waals surface area contributed by atoms with Crippen molar-refractivity contribution in [1.29, 1.82) is 0 Å². The standard InChI is InChI=1S/C24H21F3N2O2S/c1-15-14-16(24(25,26)27)6-9-20(15)31-21-10-13-32-22(21)23(30)29-12-11-28(17-7-8-17)18-4-2-3-5-19(18)29/h2-6,9-10,13-14,17H,7-8,11-12H2,1H3. The molecule has 1 fully saturated rings. The number of rotatable bonds is 4. The second-order valence-electron chi connectivity index (χ2n) is 8.06. The van der Waals surface area contributed by atoms with Crippen LogP contribution in [-0.2, 0) is 6.18 Å². The molecule has 8 heteroatoms. The van der Waals surface area contributed by atoms with Crippen molar-refractivity contribution >= 4 is 28.6 Å².